The SMILES string of the molecule is O=C(NCCSc1c(-c2ccc(Br)cc2)[nH]c2ccccc12)c1ccc(N2C(=O)CCC2=O)cc1. The number of aromatic amines is 1. The molecule has 5 rings (SSSR count). The number of amides is 3. The van der Waals surface area contributed by atoms with Crippen LogP contribution in [0.5, 0.6) is 0 Å². The maximum Gasteiger partial charge on any atom is 0.251 e. The Morgan fingerprint density at radius 3 is 2.34 bits per heavy atom. The Kier molecular flexibility index (Phi) is 6.74. The highest BCUT2D eigenvalue weighted by atomic mass is 79.9. The van der Waals surface area contributed by atoms with Gasteiger partial charge in [0.25, 0.3) is 5.91 Å². The van der Waals surface area contributed by atoms with Gasteiger partial charge < -0.3 is 10.3 Å². The first-order chi connectivity index (χ1) is 17.0. The summed E-state index contributed by atoms with van der Waals surface area (Å²) in [5, 5.41) is 4.11. The summed E-state index contributed by atoms with van der Waals surface area (Å²) in [6, 6.07) is 23.0. The monoisotopic (exact) mass is 547 g/mol. The fraction of sp³-hybridized carbons (Fsp3) is 0.148. The molecule has 1 fully saturated rings. The van der Waals surface area contributed by atoms with Gasteiger partial charge in [0.15, 0.2) is 0 Å². The highest BCUT2D eigenvalue weighted by Crippen LogP contribution is 2.37. The molecule has 0 bridgehead atoms. The number of nitrogens with one attached hydrogen (secondary N) is 2. The van der Waals surface area contributed by atoms with Gasteiger partial charge in [0.2, 0.25) is 11.8 Å². The van der Waals surface area contributed by atoms with E-state index >= 15 is 0 Å². The Hall–Kier alpha value is -3.36. The van der Waals surface area contributed by atoms with Gasteiger partial charge >= 0.3 is 0 Å². The van der Waals surface area contributed by atoms with Gasteiger partial charge in [-0.25, -0.2) is 0 Å². The van der Waals surface area contributed by atoms with Crippen molar-refractivity contribution >= 4 is 62.0 Å². The highest BCUT2D eigenvalue weighted by molar-refractivity contribution is 9.10. The molecule has 35 heavy (non-hydrogen) atoms. The molecule has 0 saturated carbocycles. The molecule has 0 radical (unpaired) electrons. The van der Waals surface area contributed by atoms with E-state index in [0.717, 1.165) is 31.5 Å². The second-order valence-electron chi connectivity index (χ2n) is 8.16. The number of carbonyl (C=O) groups excluding carboxylic acids is 3. The van der Waals surface area contributed by atoms with E-state index in [1.807, 2.05) is 24.3 Å². The average molecular weight is 548 g/mol. The second-order valence-corrected chi connectivity index (χ2v) is 10.2. The lowest BCUT2D eigenvalue weighted by Crippen LogP contribution is -2.29. The minimum absolute atomic E-state index is 0.191. The molecule has 1 saturated heterocycles. The lowest BCUT2D eigenvalue weighted by molar-refractivity contribution is -0.121. The van der Waals surface area contributed by atoms with Crippen LogP contribution in [-0.4, -0.2) is 35.0 Å². The van der Waals surface area contributed by atoms with Crippen LogP contribution in [0.25, 0.3) is 22.2 Å². The Balaban J connectivity index is 1.24. The van der Waals surface area contributed by atoms with E-state index in [1.165, 1.54) is 4.90 Å². The second kappa shape index (κ2) is 10.1. The number of imide groups is 1. The van der Waals surface area contributed by atoms with Crippen molar-refractivity contribution in [3.8, 4) is 11.3 Å². The Bertz CT molecular complexity index is 1400. The summed E-state index contributed by atoms with van der Waals surface area (Å²) in [7, 11) is 0. The summed E-state index contributed by atoms with van der Waals surface area (Å²) in [5.41, 5.74) is 4.24. The van der Waals surface area contributed by atoms with Crippen molar-refractivity contribution in [2.24, 2.45) is 0 Å². The third-order valence-corrected chi connectivity index (χ3v) is 7.51. The van der Waals surface area contributed by atoms with Crippen molar-refractivity contribution in [3.63, 3.8) is 0 Å². The number of nitrogens with zero attached hydrogens (tertiary/aromatic N) is 1. The highest BCUT2D eigenvalue weighted by Gasteiger charge is 2.30. The predicted octanol–water partition coefficient (Wildman–Crippen LogP) is 5.77. The topological polar surface area (TPSA) is 82.3 Å². The quantitative estimate of drug-likeness (QED) is 0.175. The number of rotatable bonds is 7. The number of aromatic nitrogens is 1. The first-order valence-electron chi connectivity index (χ1n) is 11.2. The van der Waals surface area contributed by atoms with Crippen molar-refractivity contribution < 1.29 is 14.4 Å². The van der Waals surface area contributed by atoms with E-state index in [9.17, 15) is 14.4 Å². The molecule has 1 aliphatic heterocycles. The minimum atomic E-state index is -0.205. The van der Waals surface area contributed by atoms with Crippen LogP contribution in [0.4, 0.5) is 5.69 Å². The number of halogens is 1. The summed E-state index contributed by atoms with van der Waals surface area (Å²) >= 11 is 5.19. The van der Waals surface area contributed by atoms with E-state index in [-0.39, 0.29) is 30.6 Å². The Labute approximate surface area is 215 Å². The summed E-state index contributed by atoms with van der Waals surface area (Å²) in [6.07, 6.45) is 0.470. The number of anilines is 1. The van der Waals surface area contributed by atoms with Gasteiger partial charge in [-0.1, -0.05) is 46.3 Å². The zero-order valence-electron chi connectivity index (χ0n) is 18.7. The lowest BCUT2D eigenvalue weighted by atomic mass is 10.1. The molecule has 8 heteroatoms. The molecule has 0 aliphatic carbocycles. The van der Waals surface area contributed by atoms with Crippen LogP contribution in [0.15, 0.2) is 82.2 Å². The molecule has 1 aliphatic rings. The molecule has 1 aromatic heterocycles. The molecule has 2 N–H and O–H groups in total. The van der Waals surface area contributed by atoms with Gasteiger partial charge in [0.05, 0.1) is 11.4 Å². The van der Waals surface area contributed by atoms with Crippen molar-refractivity contribution in [3.05, 3.63) is 82.8 Å². The molecule has 4 aromatic rings. The van der Waals surface area contributed by atoms with E-state index in [0.29, 0.717) is 23.5 Å². The number of benzene rings is 3. The first kappa shape index (κ1) is 23.4. The van der Waals surface area contributed by atoms with Crippen LogP contribution in [0.3, 0.4) is 0 Å². The lowest BCUT2D eigenvalue weighted by Gasteiger charge is -2.14. The molecule has 6 nitrogen and oxygen atoms in total. The van der Waals surface area contributed by atoms with Gasteiger partial charge in [-0.2, -0.15) is 0 Å². The van der Waals surface area contributed by atoms with Gasteiger partial charge in [0.1, 0.15) is 0 Å². The van der Waals surface area contributed by atoms with Crippen molar-refractivity contribution in [2.45, 2.75) is 17.7 Å². The van der Waals surface area contributed by atoms with Crippen LogP contribution >= 0.6 is 27.7 Å². The average Bonchev–Trinajstić information content (AvgIpc) is 3.41. The van der Waals surface area contributed by atoms with E-state index < -0.39 is 0 Å². The number of hydrogen-bond donors (Lipinski definition) is 2. The summed E-state index contributed by atoms with van der Waals surface area (Å²) < 4.78 is 1.03. The van der Waals surface area contributed by atoms with Crippen molar-refractivity contribution in [1.82, 2.24) is 10.3 Å². The molecule has 3 aromatic carbocycles. The van der Waals surface area contributed by atoms with Gasteiger partial charge in [-0.3, -0.25) is 19.3 Å². The van der Waals surface area contributed by atoms with Crippen molar-refractivity contribution in [1.29, 1.82) is 0 Å². The number of fused-ring (bicyclic) bond motifs is 1. The molecule has 3 amide bonds. The number of thioether (sulfide) groups is 1. The molecular weight excluding hydrogens is 526 g/mol. The maximum atomic E-state index is 12.6. The number of hydrogen-bond acceptors (Lipinski definition) is 4. The fourth-order valence-corrected chi connectivity index (χ4v) is 5.45. The van der Waals surface area contributed by atoms with Gasteiger partial charge in [0, 0.05) is 51.0 Å². The number of H-pyrrole nitrogens is 1. The largest absolute Gasteiger partial charge is 0.354 e. The van der Waals surface area contributed by atoms with Crippen LogP contribution < -0.4 is 10.2 Å². The zero-order chi connectivity index (χ0) is 24.4. The maximum absolute atomic E-state index is 12.6. The van der Waals surface area contributed by atoms with Gasteiger partial charge in [-0.15, -0.1) is 11.8 Å². The standard InChI is InChI=1S/C27H22BrN3O3S/c28-19-9-5-17(6-10-19)25-26(21-3-1-2-4-22(21)30-25)35-16-15-29-27(34)18-7-11-20(12-8-18)31-23(32)13-14-24(31)33/h1-12,30H,13-16H2,(H,29,34). The summed E-state index contributed by atoms with van der Waals surface area (Å²) in [6.45, 7) is 0.494. The molecule has 0 spiro atoms. The first-order valence-corrected chi connectivity index (χ1v) is 13.0. The Morgan fingerprint density at radius 1 is 0.943 bits per heavy atom. The van der Waals surface area contributed by atoms with Gasteiger partial charge in [-0.05, 0) is 48.0 Å². The molecule has 2 heterocycles. The van der Waals surface area contributed by atoms with Crippen LogP contribution in [0, 0.1) is 0 Å². The molecule has 0 unspecified atom stereocenters. The van der Waals surface area contributed by atoms with Crippen LogP contribution in [-0.2, 0) is 9.59 Å². The molecule has 176 valence electrons. The zero-order valence-corrected chi connectivity index (χ0v) is 21.1. The third-order valence-electron chi connectivity index (χ3n) is 5.86. The van der Waals surface area contributed by atoms with E-state index in [2.05, 4.69) is 50.5 Å². The van der Waals surface area contributed by atoms with E-state index in [4.69, 9.17) is 0 Å². The Morgan fingerprint density at radius 2 is 1.63 bits per heavy atom. The van der Waals surface area contributed by atoms with Crippen molar-refractivity contribution in [2.75, 3.05) is 17.2 Å². The summed E-state index contributed by atoms with van der Waals surface area (Å²) in [4.78, 5) is 42.3. The molecular formula is C27H22BrN3O3S. The third kappa shape index (κ3) is 4.90. The predicted molar refractivity (Wildman–Crippen MR) is 143 cm³/mol. The normalized spacial score (nSPS) is 13.6. The smallest absolute Gasteiger partial charge is 0.251 e. The fourth-order valence-electron chi connectivity index (χ4n) is 4.13. The molecule has 0 atom stereocenters. The van der Waals surface area contributed by atoms with Crippen LogP contribution in [0.2, 0.25) is 0 Å². The minimum Gasteiger partial charge on any atom is -0.354 e. The number of carbonyl (C=O) groups is 3. The number of para-hydroxylation sites is 1. The van der Waals surface area contributed by atoms with E-state index in [1.54, 1.807) is 36.0 Å². The van der Waals surface area contributed by atoms with Crippen LogP contribution in [0.1, 0.15) is 23.2 Å². The summed E-state index contributed by atoms with van der Waals surface area (Å²) in [5.74, 6) is 0.0997.